The minimum atomic E-state index is -4.08. The Morgan fingerprint density at radius 2 is 1.72 bits per heavy atom. The Morgan fingerprint density at radius 1 is 1.17 bits per heavy atom. The summed E-state index contributed by atoms with van der Waals surface area (Å²) in [6.07, 6.45) is 5.89. The van der Waals surface area contributed by atoms with Crippen LogP contribution in [0.15, 0.2) is 0 Å². The first kappa shape index (κ1) is 21.1. The van der Waals surface area contributed by atoms with Crippen LogP contribution in [0.2, 0.25) is 0 Å². The van der Waals surface area contributed by atoms with Gasteiger partial charge in [0.05, 0.1) is 12.7 Å². The molecule has 0 aromatic carbocycles. The number of ether oxygens (including phenoxy) is 1. The van der Waals surface area contributed by atoms with E-state index in [1.165, 1.54) is 19.3 Å². The van der Waals surface area contributed by atoms with Crippen molar-refractivity contribution in [3.8, 4) is 0 Å². The maximum atomic E-state index is 10.6. The molecule has 0 bridgehead atoms. The molecule has 7 heteroatoms. The molecule has 106 valence electrons. The molecule has 0 amide bonds. The van der Waals surface area contributed by atoms with Crippen molar-refractivity contribution in [1.82, 2.24) is 0 Å². The molecule has 0 spiro atoms. The largest absolute Gasteiger partial charge is 1.00 e. The number of aliphatic hydroxyl groups is 1. The van der Waals surface area contributed by atoms with Crippen LogP contribution in [-0.2, 0) is 14.9 Å². The van der Waals surface area contributed by atoms with E-state index in [0.29, 0.717) is 6.61 Å². The number of hydrogen-bond donors (Lipinski definition) is 2. The van der Waals surface area contributed by atoms with Gasteiger partial charge in [-0.05, 0) is 6.42 Å². The third-order valence-electron chi connectivity index (χ3n) is 2.45. The maximum absolute atomic E-state index is 10.6. The predicted octanol–water partition coefficient (Wildman–Crippen LogP) is -1.27. The Labute approximate surface area is 134 Å². The zero-order chi connectivity index (χ0) is 13.1. The van der Waals surface area contributed by atoms with Crippen molar-refractivity contribution in [3.05, 3.63) is 0 Å². The van der Waals surface area contributed by atoms with E-state index in [-0.39, 0.29) is 31.0 Å². The molecule has 0 fully saturated rings. The van der Waals surface area contributed by atoms with Crippen molar-refractivity contribution in [2.45, 2.75) is 51.6 Å². The Bertz CT molecular complexity index is 274. The number of hydrogen-bond acceptors (Lipinski definition) is 4. The summed E-state index contributed by atoms with van der Waals surface area (Å²) in [5.41, 5.74) is 0. The van der Waals surface area contributed by atoms with E-state index in [0.717, 1.165) is 19.3 Å². The van der Waals surface area contributed by atoms with Gasteiger partial charge in [0, 0.05) is 6.61 Å². The molecule has 1 atom stereocenters. The average Bonchev–Trinajstić information content (AvgIpc) is 2.24. The van der Waals surface area contributed by atoms with E-state index in [2.05, 4.69) is 6.92 Å². The molecule has 0 aliphatic carbocycles. The van der Waals surface area contributed by atoms with Gasteiger partial charge >= 0.3 is 29.6 Å². The molecule has 18 heavy (non-hydrogen) atoms. The molecule has 0 rings (SSSR count). The van der Waals surface area contributed by atoms with E-state index in [1.54, 1.807) is 0 Å². The van der Waals surface area contributed by atoms with E-state index >= 15 is 0 Å². The van der Waals surface area contributed by atoms with E-state index in [1.807, 2.05) is 0 Å². The van der Waals surface area contributed by atoms with Crippen LogP contribution in [-0.4, -0.2) is 43.1 Å². The molecule has 0 radical (unpaired) electrons. The Morgan fingerprint density at radius 3 is 2.22 bits per heavy atom. The average molecular weight is 292 g/mol. The van der Waals surface area contributed by atoms with Crippen LogP contribution in [0.5, 0.6) is 0 Å². The van der Waals surface area contributed by atoms with Gasteiger partial charge in [0.25, 0.3) is 10.1 Å². The fourth-order valence-electron chi connectivity index (χ4n) is 1.52. The SMILES string of the molecule is CCCCCCCCOC(CO)CS(=O)(=O)O.[H-].[Na+]. The van der Waals surface area contributed by atoms with Crippen molar-refractivity contribution >= 4 is 10.1 Å². The Kier molecular flexibility index (Phi) is 15.1. The van der Waals surface area contributed by atoms with Crippen molar-refractivity contribution in [1.29, 1.82) is 0 Å². The quantitative estimate of drug-likeness (QED) is 0.282. The zero-order valence-corrected chi connectivity index (χ0v) is 14.3. The van der Waals surface area contributed by atoms with Crippen LogP contribution in [0.3, 0.4) is 0 Å². The molecule has 2 N–H and O–H groups in total. The van der Waals surface area contributed by atoms with Gasteiger partial charge in [-0.3, -0.25) is 4.55 Å². The third-order valence-corrected chi connectivity index (χ3v) is 3.24. The first-order chi connectivity index (χ1) is 7.99. The fraction of sp³-hybridized carbons (Fsp3) is 1.00. The van der Waals surface area contributed by atoms with E-state index in [4.69, 9.17) is 14.4 Å². The summed E-state index contributed by atoms with van der Waals surface area (Å²) in [5.74, 6) is -0.542. The standard InChI is InChI=1S/C11H24O5S.Na.H/c1-2-3-4-5-6-7-8-16-11(9-12)10-17(13,14)15;;/h11-12H,2-10H2,1H3,(H,13,14,15);;/q;+1;-1. The van der Waals surface area contributed by atoms with Gasteiger partial charge in [-0.1, -0.05) is 39.0 Å². The second-order valence-electron chi connectivity index (χ2n) is 4.19. The molecule has 0 aromatic heterocycles. The monoisotopic (exact) mass is 292 g/mol. The second-order valence-corrected chi connectivity index (χ2v) is 5.69. The van der Waals surface area contributed by atoms with Gasteiger partial charge in [0.2, 0.25) is 0 Å². The van der Waals surface area contributed by atoms with Crippen LogP contribution >= 0.6 is 0 Å². The second kappa shape index (κ2) is 12.8. The number of rotatable bonds is 11. The van der Waals surface area contributed by atoms with Crippen molar-refractivity contribution in [2.24, 2.45) is 0 Å². The molecule has 0 heterocycles. The summed E-state index contributed by atoms with van der Waals surface area (Å²) in [6.45, 7) is 2.19. The predicted molar refractivity (Wildman–Crippen MR) is 67.7 cm³/mol. The van der Waals surface area contributed by atoms with Gasteiger partial charge in [-0.2, -0.15) is 8.42 Å². The minimum absolute atomic E-state index is 0. The molecule has 0 saturated carbocycles. The van der Waals surface area contributed by atoms with Gasteiger partial charge in [-0.25, -0.2) is 0 Å². The number of unbranched alkanes of at least 4 members (excludes halogenated alkanes) is 5. The summed E-state index contributed by atoms with van der Waals surface area (Å²) in [5, 5.41) is 8.86. The van der Waals surface area contributed by atoms with Crippen molar-refractivity contribution < 1.29 is 53.8 Å². The molecule has 0 aliphatic heterocycles. The smallest absolute Gasteiger partial charge is 1.00 e. The van der Waals surface area contributed by atoms with Gasteiger partial charge in [-0.15, -0.1) is 0 Å². The normalized spacial score (nSPS) is 13.1. The van der Waals surface area contributed by atoms with E-state index < -0.39 is 28.6 Å². The topological polar surface area (TPSA) is 83.8 Å². The summed E-state index contributed by atoms with van der Waals surface area (Å²) >= 11 is 0. The molecule has 0 aliphatic rings. The summed E-state index contributed by atoms with van der Waals surface area (Å²) < 4.78 is 34.9. The molecular weight excluding hydrogens is 267 g/mol. The molecule has 0 aromatic rings. The maximum Gasteiger partial charge on any atom is 1.00 e. The van der Waals surface area contributed by atoms with Crippen LogP contribution in [0.25, 0.3) is 0 Å². The summed E-state index contributed by atoms with van der Waals surface area (Å²) in [6, 6.07) is 0. The summed E-state index contributed by atoms with van der Waals surface area (Å²) in [4.78, 5) is 0. The molecular formula is C11H25NaO5S. The van der Waals surface area contributed by atoms with Crippen molar-refractivity contribution in [3.63, 3.8) is 0 Å². The van der Waals surface area contributed by atoms with E-state index in [9.17, 15) is 8.42 Å². The Hall–Kier alpha value is 0.830. The summed E-state index contributed by atoms with van der Waals surface area (Å²) in [7, 11) is -4.08. The Balaban J connectivity index is -0.00000128. The molecule has 5 nitrogen and oxygen atoms in total. The fourth-order valence-corrected chi connectivity index (χ4v) is 2.19. The molecule has 0 saturated heterocycles. The van der Waals surface area contributed by atoms with Crippen LogP contribution < -0.4 is 29.6 Å². The van der Waals surface area contributed by atoms with Crippen LogP contribution in [0.4, 0.5) is 0 Å². The molecule has 1 unspecified atom stereocenters. The first-order valence-corrected chi connectivity index (χ1v) is 7.78. The number of aliphatic hydroxyl groups excluding tert-OH is 1. The first-order valence-electron chi connectivity index (χ1n) is 6.17. The minimum Gasteiger partial charge on any atom is -1.00 e. The van der Waals surface area contributed by atoms with Gasteiger partial charge in [0.15, 0.2) is 0 Å². The van der Waals surface area contributed by atoms with Crippen molar-refractivity contribution in [2.75, 3.05) is 19.0 Å². The van der Waals surface area contributed by atoms with Gasteiger partial charge < -0.3 is 11.3 Å². The van der Waals surface area contributed by atoms with Crippen LogP contribution in [0, 0.1) is 0 Å². The van der Waals surface area contributed by atoms with Crippen LogP contribution in [0.1, 0.15) is 46.9 Å². The van der Waals surface area contributed by atoms with Gasteiger partial charge in [0.1, 0.15) is 5.75 Å². The third kappa shape index (κ3) is 14.9. The zero-order valence-electron chi connectivity index (χ0n) is 12.5.